The fraction of sp³-hybridized carbons (Fsp3) is 0.778. The number of aromatic amines is 1. The molecule has 0 aliphatic carbocycles. The van der Waals surface area contributed by atoms with Crippen LogP contribution in [0.3, 0.4) is 0 Å². The number of thioether (sulfide) groups is 1. The molecule has 2 N–H and O–H groups in total. The standard InChI is InChI=1S/C9H16N4OS/c1-13-8(14)11-12-9(13)15-6-7-4-2-3-5-10-7/h7,10H,2-6H2,1H3,(H,11,14). The highest BCUT2D eigenvalue weighted by molar-refractivity contribution is 7.99. The highest BCUT2D eigenvalue weighted by Crippen LogP contribution is 2.17. The summed E-state index contributed by atoms with van der Waals surface area (Å²) in [5.41, 5.74) is -0.144. The van der Waals surface area contributed by atoms with Crippen molar-refractivity contribution in [2.75, 3.05) is 12.3 Å². The maximum absolute atomic E-state index is 11.1. The maximum Gasteiger partial charge on any atom is 0.343 e. The Morgan fingerprint density at radius 3 is 3.07 bits per heavy atom. The summed E-state index contributed by atoms with van der Waals surface area (Å²) in [5.74, 6) is 0.984. The van der Waals surface area contributed by atoms with Gasteiger partial charge in [0.2, 0.25) is 0 Å². The second-order valence-electron chi connectivity index (χ2n) is 3.83. The van der Waals surface area contributed by atoms with Gasteiger partial charge in [0.1, 0.15) is 0 Å². The van der Waals surface area contributed by atoms with Crippen LogP contribution in [0.2, 0.25) is 0 Å². The van der Waals surface area contributed by atoms with Crippen molar-refractivity contribution in [3.8, 4) is 0 Å². The van der Waals surface area contributed by atoms with Gasteiger partial charge in [-0.2, -0.15) is 0 Å². The zero-order valence-electron chi connectivity index (χ0n) is 8.82. The summed E-state index contributed by atoms with van der Waals surface area (Å²) in [7, 11) is 1.74. The fourth-order valence-corrected chi connectivity index (χ4v) is 2.72. The zero-order valence-corrected chi connectivity index (χ0v) is 9.64. The van der Waals surface area contributed by atoms with Crippen LogP contribution in [0.5, 0.6) is 0 Å². The highest BCUT2D eigenvalue weighted by Gasteiger charge is 2.14. The van der Waals surface area contributed by atoms with E-state index in [0.29, 0.717) is 6.04 Å². The van der Waals surface area contributed by atoms with Crippen LogP contribution in [0.15, 0.2) is 9.95 Å². The summed E-state index contributed by atoms with van der Waals surface area (Å²) in [4.78, 5) is 11.1. The van der Waals surface area contributed by atoms with Gasteiger partial charge in [-0.1, -0.05) is 18.2 Å². The minimum absolute atomic E-state index is 0.144. The number of hydrogen-bond acceptors (Lipinski definition) is 4. The lowest BCUT2D eigenvalue weighted by Crippen LogP contribution is -2.35. The smallest absolute Gasteiger partial charge is 0.313 e. The predicted molar refractivity (Wildman–Crippen MR) is 60.2 cm³/mol. The summed E-state index contributed by atoms with van der Waals surface area (Å²) in [6.45, 7) is 1.12. The molecule has 1 unspecified atom stereocenters. The number of aromatic nitrogens is 3. The van der Waals surface area contributed by atoms with E-state index in [1.807, 2.05) is 0 Å². The molecule has 1 fully saturated rings. The monoisotopic (exact) mass is 228 g/mol. The fourth-order valence-electron chi connectivity index (χ4n) is 1.70. The lowest BCUT2D eigenvalue weighted by Gasteiger charge is -2.22. The molecule has 0 bridgehead atoms. The van der Waals surface area contributed by atoms with Crippen LogP contribution in [-0.2, 0) is 7.05 Å². The van der Waals surface area contributed by atoms with Crippen molar-refractivity contribution in [1.29, 1.82) is 0 Å². The van der Waals surface area contributed by atoms with E-state index in [0.717, 1.165) is 17.5 Å². The van der Waals surface area contributed by atoms with Gasteiger partial charge in [0.05, 0.1) is 0 Å². The zero-order chi connectivity index (χ0) is 10.7. The number of nitrogens with zero attached hydrogens (tertiary/aromatic N) is 2. The van der Waals surface area contributed by atoms with E-state index in [2.05, 4.69) is 15.5 Å². The third-order valence-corrected chi connectivity index (χ3v) is 3.86. The molecule has 6 heteroatoms. The normalized spacial score (nSPS) is 21.8. The molecule has 1 aliphatic rings. The lowest BCUT2D eigenvalue weighted by molar-refractivity contribution is 0.429. The molecule has 0 aromatic carbocycles. The molecule has 1 atom stereocenters. The first-order valence-corrected chi connectivity index (χ1v) is 6.23. The largest absolute Gasteiger partial charge is 0.343 e. The number of piperidine rings is 1. The van der Waals surface area contributed by atoms with Gasteiger partial charge in [0.15, 0.2) is 5.16 Å². The Labute approximate surface area is 92.6 Å². The number of nitrogens with one attached hydrogen (secondary N) is 2. The first-order chi connectivity index (χ1) is 7.27. The van der Waals surface area contributed by atoms with Crippen LogP contribution in [0, 0.1) is 0 Å². The predicted octanol–water partition coefficient (Wildman–Crippen LogP) is 0.343. The first-order valence-electron chi connectivity index (χ1n) is 5.25. The Morgan fingerprint density at radius 2 is 2.47 bits per heavy atom. The van der Waals surface area contributed by atoms with Gasteiger partial charge in [0, 0.05) is 18.8 Å². The molecule has 0 amide bonds. The number of H-pyrrole nitrogens is 1. The van der Waals surface area contributed by atoms with Crippen molar-refractivity contribution in [3.63, 3.8) is 0 Å². The van der Waals surface area contributed by atoms with Crippen molar-refractivity contribution >= 4 is 11.8 Å². The van der Waals surface area contributed by atoms with Crippen LogP contribution in [0.1, 0.15) is 19.3 Å². The van der Waals surface area contributed by atoms with Gasteiger partial charge in [-0.3, -0.25) is 4.57 Å². The number of hydrogen-bond donors (Lipinski definition) is 2. The molecule has 0 spiro atoms. The average molecular weight is 228 g/mol. The Morgan fingerprint density at radius 1 is 1.60 bits per heavy atom. The molecule has 84 valence electrons. The van der Waals surface area contributed by atoms with E-state index in [4.69, 9.17) is 0 Å². The van der Waals surface area contributed by atoms with Crippen LogP contribution >= 0.6 is 11.8 Å². The molecule has 1 saturated heterocycles. The molecule has 2 rings (SSSR count). The Kier molecular flexibility index (Phi) is 3.48. The molecule has 1 aromatic heterocycles. The van der Waals surface area contributed by atoms with Crippen molar-refractivity contribution in [2.24, 2.45) is 7.05 Å². The summed E-state index contributed by atoms with van der Waals surface area (Å²) in [6, 6.07) is 0.565. The SMILES string of the molecule is Cn1c(SCC2CCCCN2)n[nH]c1=O. The van der Waals surface area contributed by atoms with E-state index in [1.165, 1.54) is 19.3 Å². The quantitative estimate of drug-likeness (QED) is 0.732. The third-order valence-electron chi connectivity index (χ3n) is 2.66. The van der Waals surface area contributed by atoms with Gasteiger partial charge in [-0.15, -0.1) is 5.10 Å². The Bertz CT molecular complexity index is 366. The Hall–Kier alpha value is -0.750. The molecule has 0 saturated carbocycles. The molecule has 1 aromatic rings. The summed E-state index contributed by atoms with van der Waals surface area (Å²) in [6.07, 6.45) is 3.81. The lowest BCUT2D eigenvalue weighted by atomic mass is 10.1. The summed E-state index contributed by atoms with van der Waals surface area (Å²) in [5, 5.41) is 10.6. The van der Waals surface area contributed by atoms with Crippen LogP contribution in [0.25, 0.3) is 0 Å². The molecular formula is C9H16N4OS. The van der Waals surface area contributed by atoms with E-state index >= 15 is 0 Å². The van der Waals surface area contributed by atoms with Gasteiger partial charge in [0.25, 0.3) is 0 Å². The Balaban J connectivity index is 1.87. The second kappa shape index (κ2) is 4.85. The van der Waals surface area contributed by atoms with E-state index in [1.54, 1.807) is 23.4 Å². The average Bonchev–Trinajstić information content (AvgIpc) is 2.59. The van der Waals surface area contributed by atoms with Crippen molar-refractivity contribution in [2.45, 2.75) is 30.5 Å². The molecule has 0 radical (unpaired) electrons. The van der Waals surface area contributed by atoms with Crippen LogP contribution in [-0.4, -0.2) is 33.1 Å². The van der Waals surface area contributed by atoms with Gasteiger partial charge < -0.3 is 5.32 Å². The van der Waals surface area contributed by atoms with Crippen LogP contribution < -0.4 is 11.0 Å². The summed E-state index contributed by atoms with van der Waals surface area (Å²) < 4.78 is 1.55. The van der Waals surface area contributed by atoms with Crippen molar-refractivity contribution in [3.05, 3.63) is 10.5 Å². The molecule has 2 heterocycles. The van der Waals surface area contributed by atoms with Crippen molar-refractivity contribution < 1.29 is 0 Å². The van der Waals surface area contributed by atoms with E-state index in [9.17, 15) is 4.79 Å². The molecule has 5 nitrogen and oxygen atoms in total. The first kappa shape index (κ1) is 10.8. The summed E-state index contributed by atoms with van der Waals surface area (Å²) >= 11 is 1.63. The highest BCUT2D eigenvalue weighted by atomic mass is 32.2. The van der Waals surface area contributed by atoms with Gasteiger partial charge in [-0.05, 0) is 19.4 Å². The maximum atomic E-state index is 11.1. The van der Waals surface area contributed by atoms with Crippen molar-refractivity contribution in [1.82, 2.24) is 20.1 Å². The second-order valence-corrected chi connectivity index (χ2v) is 4.82. The van der Waals surface area contributed by atoms with Gasteiger partial charge in [-0.25, -0.2) is 9.89 Å². The minimum Gasteiger partial charge on any atom is -0.313 e. The molecule has 15 heavy (non-hydrogen) atoms. The van der Waals surface area contributed by atoms with Gasteiger partial charge >= 0.3 is 5.69 Å². The molecule has 1 aliphatic heterocycles. The van der Waals surface area contributed by atoms with E-state index in [-0.39, 0.29) is 5.69 Å². The molecular weight excluding hydrogens is 212 g/mol. The van der Waals surface area contributed by atoms with E-state index < -0.39 is 0 Å². The number of rotatable bonds is 3. The topological polar surface area (TPSA) is 62.7 Å². The third kappa shape index (κ3) is 2.63. The minimum atomic E-state index is -0.144. The van der Waals surface area contributed by atoms with Crippen LogP contribution in [0.4, 0.5) is 0 Å².